The lowest BCUT2D eigenvalue weighted by Gasteiger charge is -2.34. The molecule has 130 valence electrons. The molecule has 2 aromatic rings. The molecule has 1 fully saturated rings. The monoisotopic (exact) mass is 339 g/mol. The van der Waals surface area contributed by atoms with Crippen LogP contribution in [0.15, 0.2) is 54.7 Å². The van der Waals surface area contributed by atoms with Gasteiger partial charge in [-0.1, -0.05) is 18.2 Å². The molecule has 0 atom stereocenters. The summed E-state index contributed by atoms with van der Waals surface area (Å²) in [5.74, 6) is -0.265. The van der Waals surface area contributed by atoms with Crippen LogP contribution in [0.25, 0.3) is 6.08 Å². The van der Waals surface area contributed by atoms with Crippen LogP contribution in [0.2, 0.25) is 0 Å². The molecule has 1 aromatic carbocycles. The Morgan fingerprint density at radius 1 is 1.08 bits per heavy atom. The third-order valence-electron chi connectivity index (χ3n) is 4.38. The van der Waals surface area contributed by atoms with Gasteiger partial charge in [-0.2, -0.15) is 0 Å². The van der Waals surface area contributed by atoms with Crippen LogP contribution < -0.4 is 0 Å². The van der Waals surface area contributed by atoms with Crippen molar-refractivity contribution in [1.82, 2.24) is 14.8 Å². The summed E-state index contributed by atoms with van der Waals surface area (Å²) >= 11 is 0. The highest BCUT2D eigenvalue weighted by Crippen LogP contribution is 2.08. The Labute approximate surface area is 147 Å². The van der Waals surface area contributed by atoms with Crippen molar-refractivity contribution in [2.45, 2.75) is 6.42 Å². The number of piperazine rings is 1. The van der Waals surface area contributed by atoms with Crippen LogP contribution in [-0.2, 0) is 11.2 Å². The van der Waals surface area contributed by atoms with Crippen LogP contribution in [0, 0.1) is 5.82 Å². The standard InChI is InChI=1S/C20H22FN3O/c21-18-7-4-17(5-8-18)6-9-20(25)24-15-13-23(14-16-24)12-10-19-3-1-2-11-22-19/h1-9,11H,10,12-16H2/b9-6+. The minimum absolute atomic E-state index is 0.00806. The van der Waals surface area contributed by atoms with Gasteiger partial charge in [0.25, 0.3) is 0 Å². The molecule has 1 saturated heterocycles. The van der Waals surface area contributed by atoms with Crippen molar-refractivity contribution in [2.24, 2.45) is 0 Å². The molecule has 1 aliphatic heterocycles. The lowest BCUT2D eigenvalue weighted by atomic mass is 10.2. The molecule has 0 saturated carbocycles. The van der Waals surface area contributed by atoms with Crippen molar-refractivity contribution in [3.63, 3.8) is 0 Å². The molecule has 1 aromatic heterocycles. The third kappa shape index (κ3) is 5.22. The van der Waals surface area contributed by atoms with Gasteiger partial charge in [0.1, 0.15) is 5.82 Å². The summed E-state index contributed by atoms with van der Waals surface area (Å²) in [6.07, 6.45) is 6.05. The number of amides is 1. The number of hydrogen-bond acceptors (Lipinski definition) is 3. The fourth-order valence-electron chi connectivity index (χ4n) is 2.86. The van der Waals surface area contributed by atoms with E-state index in [4.69, 9.17) is 0 Å². The summed E-state index contributed by atoms with van der Waals surface area (Å²) in [6, 6.07) is 12.1. The summed E-state index contributed by atoms with van der Waals surface area (Å²) in [7, 11) is 0. The number of carbonyl (C=O) groups excluding carboxylic acids is 1. The van der Waals surface area contributed by atoms with Crippen LogP contribution in [0.5, 0.6) is 0 Å². The second-order valence-corrected chi connectivity index (χ2v) is 6.12. The van der Waals surface area contributed by atoms with Crippen LogP contribution in [0.1, 0.15) is 11.3 Å². The molecule has 0 radical (unpaired) electrons. The third-order valence-corrected chi connectivity index (χ3v) is 4.38. The van der Waals surface area contributed by atoms with Crippen molar-refractivity contribution in [1.29, 1.82) is 0 Å². The maximum atomic E-state index is 12.9. The van der Waals surface area contributed by atoms with E-state index in [0.717, 1.165) is 50.4 Å². The highest BCUT2D eigenvalue weighted by molar-refractivity contribution is 5.91. The van der Waals surface area contributed by atoms with E-state index in [1.165, 1.54) is 12.1 Å². The van der Waals surface area contributed by atoms with E-state index in [9.17, 15) is 9.18 Å². The normalized spacial score (nSPS) is 15.6. The van der Waals surface area contributed by atoms with Gasteiger partial charge in [0.15, 0.2) is 0 Å². The average molecular weight is 339 g/mol. The highest BCUT2D eigenvalue weighted by atomic mass is 19.1. The zero-order chi connectivity index (χ0) is 17.5. The van der Waals surface area contributed by atoms with E-state index in [0.29, 0.717) is 0 Å². The zero-order valence-corrected chi connectivity index (χ0v) is 14.1. The number of pyridine rings is 1. The lowest BCUT2D eigenvalue weighted by Crippen LogP contribution is -2.48. The van der Waals surface area contributed by atoms with Gasteiger partial charge >= 0.3 is 0 Å². The van der Waals surface area contributed by atoms with E-state index in [1.54, 1.807) is 24.3 Å². The van der Waals surface area contributed by atoms with Gasteiger partial charge in [-0.25, -0.2) is 4.39 Å². The summed E-state index contributed by atoms with van der Waals surface area (Å²) in [4.78, 5) is 20.8. The van der Waals surface area contributed by atoms with Crippen molar-refractivity contribution in [3.05, 3.63) is 71.8 Å². The molecule has 4 nitrogen and oxygen atoms in total. The molecule has 0 spiro atoms. The van der Waals surface area contributed by atoms with E-state index in [1.807, 2.05) is 29.3 Å². The second kappa shape index (κ2) is 8.53. The predicted octanol–water partition coefficient (Wildman–Crippen LogP) is 2.62. The summed E-state index contributed by atoms with van der Waals surface area (Å²) in [5, 5.41) is 0. The maximum Gasteiger partial charge on any atom is 0.246 e. The molecule has 3 rings (SSSR count). The Hall–Kier alpha value is -2.53. The minimum atomic E-state index is -0.273. The van der Waals surface area contributed by atoms with E-state index in [-0.39, 0.29) is 11.7 Å². The fourth-order valence-corrected chi connectivity index (χ4v) is 2.86. The van der Waals surface area contributed by atoms with Crippen LogP contribution >= 0.6 is 0 Å². The van der Waals surface area contributed by atoms with Crippen LogP contribution in [-0.4, -0.2) is 53.4 Å². The molecule has 2 heterocycles. The molecule has 0 bridgehead atoms. The number of nitrogens with zero attached hydrogens (tertiary/aromatic N) is 3. The lowest BCUT2D eigenvalue weighted by molar-refractivity contribution is -0.127. The predicted molar refractivity (Wildman–Crippen MR) is 96.4 cm³/mol. The van der Waals surface area contributed by atoms with Crippen LogP contribution in [0.3, 0.4) is 0 Å². The number of carbonyl (C=O) groups is 1. The average Bonchev–Trinajstić information content (AvgIpc) is 2.67. The first-order valence-electron chi connectivity index (χ1n) is 8.55. The maximum absolute atomic E-state index is 12.9. The Morgan fingerprint density at radius 3 is 2.52 bits per heavy atom. The topological polar surface area (TPSA) is 36.4 Å². The fraction of sp³-hybridized carbons (Fsp3) is 0.300. The van der Waals surface area contributed by atoms with Crippen LogP contribution in [0.4, 0.5) is 4.39 Å². The largest absolute Gasteiger partial charge is 0.337 e. The molecule has 25 heavy (non-hydrogen) atoms. The quantitative estimate of drug-likeness (QED) is 0.786. The molecule has 0 aliphatic carbocycles. The molecule has 1 amide bonds. The first-order chi connectivity index (χ1) is 12.2. The number of rotatable bonds is 5. The number of aromatic nitrogens is 1. The SMILES string of the molecule is O=C(/C=C/c1ccc(F)cc1)N1CCN(CCc2ccccn2)CC1. The van der Waals surface area contributed by atoms with E-state index in [2.05, 4.69) is 9.88 Å². The summed E-state index contributed by atoms with van der Waals surface area (Å²) < 4.78 is 12.9. The summed E-state index contributed by atoms with van der Waals surface area (Å²) in [5.41, 5.74) is 1.92. The number of hydrogen-bond donors (Lipinski definition) is 0. The zero-order valence-electron chi connectivity index (χ0n) is 14.1. The molecular formula is C20H22FN3O. The highest BCUT2D eigenvalue weighted by Gasteiger charge is 2.19. The number of benzene rings is 1. The van der Waals surface area contributed by atoms with Gasteiger partial charge < -0.3 is 4.90 Å². The molecule has 0 N–H and O–H groups in total. The van der Waals surface area contributed by atoms with Gasteiger partial charge in [0.2, 0.25) is 5.91 Å². The Balaban J connectivity index is 1.43. The Morgan fingerprint density at radius 2 is 1.84 bits per heavy atom. The second-order valence-electron chi connectivity index (χ2n) is 6.12. The van der Waals surface area contributed by atoms with Crippen molar-refractivity contribution < 1.29 is 9.18 Å². The first kappa shape index (κ1) is 17.3. The smallest absolute Gasteiger partial charge is 0.246 e. The van der Waals surface area contributed by atoms with Gasteiger partial charge in [-0.3, -0.25) is 14.7 Å². The molecule has 5 heteroatoms. The summed E-state index contributed by atoms with van der Waals surface area (Å²) in [6.45, 7) is 4.18. The van der Waals surface area contributed by atoms with Gasteiger partial charge in [0.05, 0.1) is 0 Å². The van der Waals surface area contributed by atoms with Gasteiger partial charge in [0, 0.05) is 57.1 Å². The van der Waals surface area contributed by atoms with Crippen molar-refractivity contribution in [3.8, 4) is 0 Å². The molecule has 0 unspecified atom stereocenters. The first-order valence-corrected chi connectivity index (χ1v) is 8.55. The minimum Gasteiger partial charge on any atom is -0.337 e. The van der Waals surface area contributed by atoms with E-state index < -0.39 is 0 Å². The van der Waals surface area contributed by atoms with Gasteiger partial charge in [-0.15, -0.1) is 0 Å². The van der Waals surface area contributed by atoms with Gasteiger partial charge in [-0.05, 0) is 35.9 Å². The van der Waals surface area contributed by atoms with Crippen molar-refractivity contribution >= 4 is 12.0 Å². The van der Waals surface area contributed by atoms with E-state index >= 15 is 0 Å². The Kier molecular flexibility index (Phi) is 5.90. The molecule has 1 aliphatic rings. The molecular weight excluding hydrogens is 317 g/mol. The Bertz CT molecular complexity index is 707. The number of halogens is 1. The van der Waals surface area contributed by atoms with Crippen molar-refractivity contribution in [2.75, 3.05) is 32.7 Å².